The molecule has 3 saturated carbocycles. The highest BCUT2D eigenvalue weighted by Gasteiger charge is 2.50. The summed E-state index contributed by atoms with van der Waals surface area (Å²) in [7, 11) is 0. The van der Waals surface area contributed by atoms with E-state index in [0.717, 1.165) is 12.0 Å². The van der Waals surface area contributed by atoms with Gasteiger partial charge in [0.2, 0.25) is 0 Å². The minimum atomic E-state index is -0.718. The maximum atomic E-state index is 13.6. The van der Waals surface area contributed by atoms with Gasteiger partial charge in [-0.2, -0.15) is 0 Å². The standard InChI is InChI=1S/C24H37FO2/c1-15(12-16(2)25)20-9-10-21-19(6-5-11-24(20,21)4)8-7-18-13-22(26)17(3)23(27)14-18/h7-8,15-16,20-23,26-27H,3,5-6,9-14H2,1-2,4H3/b19-8+/t15-,16?,20?,21?,22+,23+,24+/m0/s1. The number of hydrogen-bond acceptors (Lipinski definition) is 2. The van der Waals surface area contributed by atoms with Gasteiger partial charge in [-0.3, -0.25) is 0 Å². The fraction of sp³-hybridized carbons (Fsp3) is 0.750. The van der Waals surface area contributed by atoms with Gasteiger partial charge in [0.25, 0.3) is 0 Å². The third-order valence-corrected chi connectivity index (χ3v) is 7.72. The topological polar surface area (TPSA) is 40.5 Å². The van der Waals surface area contributed by atoms with Crippen molar-refractivity contribution in [3.05, 3.63) is 35.5 Å². The zero-order chi connectivity index (χ0) is 19.8. The van der Waals surface area contributed by atoms with Gasteiger partial charge in [-0.1, -0.05) is 43.7 Å². The number of halogens is 1. The number of fused-ring (bicyclic) bond motifs is 1. The molecule has 0 bridgehead atoms. The third kappa shape index (κ3) is 4.24. The van der Waals surface area contributed by atoms with Crippen molar-refractivity contribution in [3.8, 4) is 0 Å². The lowest BCUT2D eigenvalue weighted by Crippen LogP contribution is -2.36. The van der Waals surface area contributed by atoms with Crippen LogP contribution < -0.4 is 0 Å². The summed E-state index contributed by atoms with van der Waals surface area (Å²) in [5.74, 6) is 1.64. The Hall–Kier alpha value is -0.930. The monoisotopic (exact) mass is 376 g/mol. The normalized spacial score (nSPS) is 40.7. The molecule has 0 saturated heterocycles. The van der Waals surface area contributed by atoms with Crippen molar-refractivity contribution in [1.82, 2.24) is 0 Å². The number of aliphatic hydroxyl groups excluding tert-OH is 2. The van der Waals surface area contributed by atoms with Crippen LogP contribution in [0.2, 0.25) is 0 Å². The summed E-state index contributed by atoms with van der Waals surface area (Å²) in [4.78, 5) is 0. The summed E-state index contributed by atoms with van der Waals surface area (Å²) >= 11 is 0. The Bertz CT molecular complexity index is 604. The average Bonchev–Trinajstić information content (AvgIpc) is 2.94. The van der Waals surface area contributed by atoms with Crippen molar-refractivity contribution >= 4 is 0 Å². The van der Waals surface area contributed by atoms with Crippen molar-refractivity contribution in [2.75, 3.05) is 0 Å². The molecule has 0 spiro atoms. The van der Waals surface area contributed by atoms with Crippen LogP contribution in [0, 0.1) is 23.2 Å². The van der Waals surface area contributed by atoms with Crippen LogP contribution in [-0.2, 0) is 0 Å². The highest BCUT2D eigenvalue weighted by atomic mass is 19.1. The van der Waals surface area contributed by atoms with Crippen LogP contribution in [-0.4, -0.2) is 28.6 Å². The van der Waals surface area contributed by atoms with Crippen LogP contribution in [0.1, 0.15) is 72.1 Å². The van der Waals surface area contributed by atoms with Gasteiger partial charge in [0, 0.05) is 0 Å². The fourth-order valence-corrected chi connectivity index (χ4v) is 6.32. The van der Waals surface area contributed by atoms with Crippen molar-refractivity contribution in [3.63, 3.8) is 0 Å². The lowest BCUT2D eigenvalue weighted by Gasteiger charge is -2.44. The van der Waals surface area contributed by atoms with Crippen molar-refractivity contribution in [2.45, 2.75) is 90.5 Å². The second kappa shape index (κ2) is 8.21. The summed E-state index contributed by atoms with van der Waals surface area (Å²) in [6, 6.07) is 0. The van der Waals surface area contributed by atoms with Crippen molar-refractivity contribution in [1.29, 1.82) is 0 Å². The Morgan fingerprint density at radius 1 is 1.19 bits per heavy atom. The summed E-state index contributed by atoms with van der Waals surface area (Å²) in [6.07, 6.45) is 10.3. The molecule has 3 unspecified atom stereocenters. The first-order valence-electron chi connectivity index (χ1n) is 10.8. The number of alkyl halides is 1. The molecule has 7 atom stereocenters. The predicted octanol–water partition coefficient (Wildman–Crippen LogP) is 5.51. The number of aliphatic hydroxyl groups is 2. The Kier molecular flexibility index (Phi) is 6.32. The van der Waals surface area contributed by atoms with Crippen LogP contribution in [0.4, 0.5) is 4.39 Å². The first-order chi connectivity index (χ1) is 12.7. The minimum absolute atomic E-state index is 0.288. The van der Waals surface area contributed by atoms with E-state index in [2.05, 4.69) is 32.6 Å². The molecule has 0 aromatic carbocycles. The molecule has 0 heterocycles. The second-order valence-corrected chi connectivity index (χ2v) is 9.67. The van der Waals surface area contributed by atoms with E-state index in [0.29, 0.717) is 42.6 Å². The smallest absolute Gasteiger partial charge is 0.0976 e. The molecule has 3 fully saturated rings. The first-order valence-corrected chi connectivity index (χ1v) is 10.8. The zero-order valence-electron chi connectivity index (χ0n) is 17.3. The molecule has 152 valence electrons. The Morgan fingerprint density at radius 3 is 2.48 bits per heavy atom. The van der Waals surface area contributed by atoms with Crippen molar-refractivity contribution in [2.24, 2.45) is 23.2 Å². The minimum Gasteiger partial charge on any atom is -0.388 e. The highest BCUT2D eigenvalue weighted by molar-refractivity contribution is 5.29. The molecule has 0 radical (unpaired) electrons. The van der Waals surface area contributed by atoms with Gasteiger partial charge in [-0.05, 0) is 87.0 Å². The summed E-state index contributed by atoms with van der Waals surface area (Å²) in [6.45, 7) is 10.2. The average molecular weight is 377 g/mol. The summed E-state index contributed by atoms with van der Waals surface area (Å²) < 4.78 is 13.6. The van der Waals surface area contributed by atoms with E-state index in [1.54, 1.807) is 6.92 Å². The van der Waals surface area contributed by atoms with Gasteiger partial charge in [0.1, 0.15) is 0 Å². The molecule has 3 heteroatoms. The molecule has 3 aliphatic rings. The quantitative estimate of drug-likeness (QED) is 0.635. The van der Waals surface area contributed by atoms with Gasteiger partial charge in [0.05, 0.1) is 18.4 Å². The van der Waals surface area contributed by atoms with E-state index >= 15 is 0 Å². The SMILES string of the molecule is C=C1[C@H](O)CC(=C/C=C2\CCC[C@@]3(C)C2CCC3[C@@H](C)CC(C)F)C[C@H]1O. The molecule has 0 amide bonds. The van der Waals surface area contributed by atoms with Gasteiger partial charge in [0.15, 0.2) is 0 Å². The van der Waals surface area contributed by atoms with Gasteiger partial charge in [-0.15, -0.1) is 0 Å². The molecule has 0 aromatic rings. The first kappa shape index (κ1) is 20.8. The third-order valence-electron chi connectivity index (χ3n) is 7.72. The van der Waals surface area contributed by atoms with Crippen molar-refractivity contribution < 1.29 is 14.6 Å². The van der Waals surface area contributed by atoms with E-state index in [-0.39, 0.29) is 5.41 Å². The molecule has 2 nitrogen and oxygen atoms in total. The Labute approximate surface area is 164 Å². The maximum absolute atomic E-state index is 13.6. The molecular weight excluding hydrogens is 339 g/mol. The molecule has 3 rings (SSSR count). The highest BCUT2D eigenvalue weighted by Crippen LogP contribution is 2.59. The van der Waals surface area contributed by atoms with E-state index in [4.69, 9.17) is 0 Å². The lowest BCUT2D eigenvalue weighted by atomic mass is 9.60. The van der Waals surface area contributed by atoms with Crippen LogP contribution in [0.25, 0.3) is 0 Å². The zero-order valence-corrected chi connectivity index (χ0v) is 17.3. The van der Waals surface area contributed by atoms with Crippen LogP contribution in [0.15, 0.2) is 35.5 Å². The second-order valence-electron chi connectivity index (χ2n) is 9.67. The van der Waals surface area contributed by atoms with E-state index in [1.165, 1.54) is 31.3 Å². The molecule has 3 aliphatic carbocycles. The predicted molar refractivity (Wildman–Crippen MR) is 109 cm³/mol. The molecule has 27 heavy (non-hydrogen) atoms. The summed E-state index contributed by atoms with van der Waals surface area (Å²) in [5.41, 5.74) is 3.46. The number of hydrogen-bond donors (Lipinski definition) is 2. The van der Waals surface area contributed by atoms with Crippen LogP contribution in [0.3, 0.4) is 0 Å². The maximum Gasteiger partial charge on any atom is 0.0976 e. The fourth-order valence-electron chi connectivity index (χ4n) is 6.32. The Morgan fingerprint density at radius 2 is 1.85 bits per heavy atom. The lowest BCUT2D eigenvalue weighted by molar-refractivity contribution is 0.0843. The van der Waals surface area contributed by atoms with Crippen LogP contribution in [0.5, 0.6) is 0 Å². The van der Waals surface area contributed by atoms with E-state index in [1.807, 2.05) is 0 Å². The van der Waals surface area contributed by atoms with Gasteiger partial charge in [-0.25, -0.2) is 4.39 Å². The van der Waals surface area contributed by atoms with Crippen LogP contribution >= 0.6 is 0 Å². The Balaban J connectivity index is 1.76. The number of allylic oxidation sites excluding steroid dienone is 3. The molecule has 0 aliphatic heterocycles. The summed E-state index contributed by atoms with van der Waals surface area (Å²) in [5, 5.41) is 20.1. The van der Waals surface area contributed by atoms with E-state index < -0.39 is 18.4 Å². The molecule has 0 aromatic heterocycles. The van der Waals surface area contributed by atoms with Gasteiger partial charge >= 0.3 is 0 Å². The van der Waals surface area contributed by atoms with E-state index in [9.17, 15) is 14.6 Å². The molecular formula is C24H37FO2. The largest absolute Gasteiger partial charge is 0.388 e. The van der Waals surface area contributed by atoms with Gasteiger partial charge < -0.3 is 10.2 Å². The number of rotatable bonds is 4. The molecule has 2 N–H and O–H groups in total.